The van der Waals surface area contributed by atoms with Crippen molar-refractivity contribution in [3.05, 3.63) is 113 Å². The van der Waals surface area contributed by atoms with E-state index in [2.05, 4.69) is 116 Å². The van der Waals surface area contributed by atoms with E-state index in [1.165, 1.54) is 27.8 Å². The molecule has 29 heavy (non-hydrogen) atoms. The van der Waals surface area contributed by atoms with Gasteiger partial charge in [-0.25, -0.2) is 0 Å². The minimum absolute atomic E-state index is 0.543. The van der Waals surface area contributed by atoms with Gasteiger partial charge in [-0.15, -0.1) is 0 Å². The molecule has 2 heteroatoms. The van der Waals surface area contributed by atoms with E-state index >= 15 is 0 Å². The van der Waals surface area contributed by atoms with Gasteiger partial charge >= 0.3 is 181 Å². The molecule has 0 fully saturated rings. The number of allylic oxidation sites excluding steroid dienone is 2. The van der Waals surface area contributed by atoms with Crippen LogP contribution in [-0.4, -0.2) is 19.0 Å². The first-order valence-corrected chi connectivity index (χ1v) is 12.9. The third-order valence-corrected chi connectivity index (χ3v) is 11.1. The van der Waals surface area contributed by atoms with Crippen LogP contribution in [0.2, 0.25) is 0 Å². The van der Waals surface area contributed by atoms with E-state index < -0.39 is 17.9 Å². The Kier molecular flexibility index (Phi) is 5.14. The summed E-state index contributed by atoms with van der Waals surface area (Å²) < 4.78 is 2.65. The van der Waals surface area contributed by atoms with Gasteiger partial charge in [0.1, 0.15) is 0 Å². The van der Waals surface area contributed by atoms with Crippen molar-refractivity contribution in [3.8, 4) is 0 Å². The summed E-state index contributed by atoms with van der Waals surface area (Å²) in [5.74, 6) is 0. The minimum atomic E-state index is -1.82. The molecule has 2 aliphatic carbocycles. The van der Waals surface area contributed by atoms with Crippen LogP contribution in [0.25, 0.3) is 12.2 Å². The van der Waals surface area contributed by atoms with Crippen LogP contribution in [0.3, 0.4) is 0 Å². The van der Waals surface area contributed by atoms with Crippen LogP contribution in [0.15, 0.2) is 78.9 Å². The zero-order valence-corrected chi connectivity index (χ0v) is 18.5. The summed E-state index contributed by atoms with van der Waals surface area (Å²) in [4.78, 5) is 2.23. The third-order valence-electron chi connectivity index (χ3n) is 5.95. The average molecular weight is 411 g/mol. The van der Waals surface area contributed by atoms with Crippen LogP contribution in [0.4, 0.5) is 0 Å². The molecule has 5 rings (SSSR count). The molecular formula is C27H25NTi. The maximum absolute atomic E-state index is 3.46. The van der Waals surface area contributed by atoms with Gasteiger partial charge in [-0.2, -0.15) is 0 Å². The molecule has 0 amide bonds. The standard InChI is InChI=1S/C9H11N.2C9H7.Ti/c1-10(2)8-9-6-4-3-5-7-9;2*1-2-5-9-7-3-6-8(9)4-1;/h3-4,7H,8H2,1-2H3;2*1-7H;. The molecule has 0 bridgehead atoms. The Balaban J connectivity index is 1.62. The second-order valence-corrected chi connectivity index (χ2v) is 12.5. The van der Waals surface area contributed by atoms with Crippen molar-refractivity contribution in [3.63, 3.8) is 0 Å². The van der Waals surface area contributed by atoms with Gasteiger partial charge in [-0.1, -0.05) is 0 Å². The van der Waals surface area contributed by atoms with Crippen molar-refractivity contribution >= 4 is 16.0 Å². The molecule has 0 heterocycles. The zero-order chi connectivity index (χ0) is 19.8. The zero-order valence-electron chi connectivity index (χ0n) is 17.0. The van der Waals surface area contributed by atoms with Crippen molar-refractivity contribution in [2.24, 2.45) is 0 Å². The summed E-state index contributed by atoms with van der Waals surface area (Å²) in [6, 6.07) is 28.3. The van der Waals surface area contributed by atoms with Gasteiger partial charge in [0, 0.05) is 0 Å². The average Bonchev–Trinajstić information content (AvgIpc) is 3.34. The van der Waals surface area contributed by atoms with Gasteiger partial charge in [0.2, 0.25) is 0 Å². The number of rotatable bonds is 5. The van der Waals surface area contributed by atoms with Crippen LogP contribution in [0.1, 0.15) is 36.3 Å². The molecule has 0 saturated carbocycles. The molecule has 2 aliphatic rings. The molecule has 0 aliphatic heterocycles. The Morgan fingerprint density at radius 1 is 0.828 bits per heavy atom. The predicted molar refractivity (Wildman–Crippen MR) is 119 cm³/mol. The SMILES string of the molecule is CN(C)Cc1[c]cc[c]([Ti]([CH]2C=Cc3ccccc32)[CH]2C=Cc3ccccc32)c1. The van der Waals surface area contributed by atoms with Crippen LogP contribution in [0.5, 0.6) is 0 Å². The van der Waals surface area contributed by atoms with Gasteiger partial charge in [-0.05, 0) is 0 Å². The summed E-state index contributed by atoms with van der Waals surface area (Å²) in [5, 5.41) is 0. The number of fused-ring (bicyclic) bond motifs is 2. The summed E-state index contributed by atoms with van der Waals surface area (Å²) in [7, 11) is 4.26. The molecule has 2 atom stereocenters. The molecule has 1 radical (unpaired) electrons. The normalized spacial score (nSPS) is 18.9. The summed E-state index contributed by atoms with van der Waals surface area (Å²) in [5.41, 5.74) is 7.12. The fourth-order valence-corrected chi connectivity index (χ4v) is 10.2. The first-order valence-electron chi connectivity index (χ1n) is 10.3. The summed E-state index contributed by atoms with van der Waals surface area (Å²) in [6.45, 7) is 0.938. The number of hydrogen-bond donors (Lipinski definition) is 0. The Labute approximate surface area is 180 Å². The van der Waals surface area contributed by atoms with Crippen LogP contribution in [-0.2, 0) is 24.4 Å². The van der Waals surface area contributed by atoms with E-state index in [4.69, 9.17) is 0 Å². The van der Waals surface area contributed by atoms with E-state index in [1.807, 2.05) is 0 Å². The van der Waals surface area contributed by atoms with E-state index in [-0.39, 0.29) is 0 Å². The molecular weight excluding hydrogens is 386 g/mol. The Hall–Kier alpha value is -2.19. The number of nitrogens with zero attached hydrogens (tertiary/aromatic N) is 1. The van der Waals surface area contributed by atoms with Crippen molar-refractivity contribution in [2.45, 2.75) is 15.0 Å². The van der Waals surface area contributed by atoms with Gasteiger partial charge in [0.25, 0.3) is 0 Å². The second-order valence-electron chi connectivity index (χ2n) is 8.23. The Morgan fingerprint density at radius 2 is 1.41 bits per heavy atom. The van der Waals surface area contributed by atoms with Crippen molar-refractivity contribution in [1.29, 1.82) is 0 Å². The Morgan fingerprint density at radius 3 is 2.00 bits per heavy atom. The van der Waals surface area contributed by atoms with E-state index in [9.17, 15) is 0 Å². The summed E-state index contributed by atoms with van der Waals surface area (Å²) in [6.07, 6.45) is 9.65. The van der Waals surface area contributed by atoms with Crippen molar-refractivity contribution < 1.29 is 17.9 Å². The molecule has 0 N–H and O–H groups in total. The van der Waals surface area contributed by atoms with Gasteiger partial charge in [0.05, 0.1) is 0 Å². The van der Waals surface area contributed by atoms with Crippen molar-refractivity contribution in [1.82, 2.24) is 4.90 Å². The molecule has 142 valence electrons. The summed E-state index contributed by atoms with van der Waals surface area (Å²) >= 11 is -1.82. The predicted octanol–water partition coefficient (Wildman–Crippen LogP) is 5.33. The second kappa shape index (κ2) is 7.91. The molecule has 3 aromatic rings. The van der Waals surface area contributed by atoms with Crippen LogP contribution in [0, 0.1) is 6.07 Å². The topological polar surface area (TPSA) is 3.24 Å². The van der Waals surface area contributed by atoms with Crippen LogP contribution < -0.4 is 3.87 Å². The quantitative estimate of drug-likeness (QED) is 0.513. The molecule has 0 spiro atoms. The van der Waals surface area contributed by atoms with E-state index in [0.717, 1.165) is 6.54 Å². The van der Waals surface area contributed by atoms with Crippen molar-refractivity contribution in [2.75, 3.05) is 14.1 Å². The van der Waals surface area contributed by atoms with Gasteiger partial charge in [0.15, 0.2) is 0 Å². The third kappa shape index (κ3) is 3.60. The monoisotopic (exact) mass is 411 g/mol. The molecule has 0 saturated heterocycles. The molecule has 0 aromatic heterocycles. The maximum atomic E-state index is 3.46. The van der Waals surface area contributed by atoms with E-state index in [0.29, 0.717) is 8.45 Å². The fourth-order valence-electron chi connectivity index (χ4n) is 4.72. The number of benzene rings is 3. The molecule has 2 unspecified atom stereocenters. The van der Waals surface area contributed by atoms with Gasteiger partial charge in [-0.3, -0.25) is 0 Å². The fraction of sp³-hybridized carbons (Fsp3) is 0.185. The van der Waals surface area contributed by atoms with E-state index in [1.54, 1.807) is 3.87 Å². The Bertz CT molecular complexity index is 1030. The van der Waals surface area contributed by atoms with Crippen LogP contribution >= 0.6 is 0 Å². The first-order chi connectivity index (χ1) is 14.2. The molecule has 3 aromatic carbocycles. The molecule has 1 nitrogen and oxygen atoms in total. The van der Waals surface area contributed by atoms with Gasteiger partial charge < -0.3 is 0 Å². The first kappa shape index (κ1) is 18.8. The number of hydrogen-bond acceptors (Lipinski definition) is 1.